The quantitative estimate of drug-likeness (QED) is 0.885. The summed E-state index contributed by atoms with van der Waals surface area (Å²) >= 11 is 1.59. The van der Waals surface area contributed by atoms with Gasteiger partial charge in [-0.3, -0.25) is 4.90 Å². The van der Waals surface area contributed by atoms with Crippen LogP contribution in [-0.4, -0.2) is 39.9 Å². The number of aliphatic hydroxyl groups is 1. The Bertz CT molecular complexity index is 477. The molecule has 0 amide bonds. The summed E-state index contributed by atoms with van der Waals surface area (Å²) in [7, 11) is 0. The minimum absolute atomic E-state index is 0.265. The molecule has 5 nitrogen and oxygen atoms in total. The molecule has 0 spiro atoms. The van der Waals surface area contributed by atoms with Crippen LogP contribution in [0.25, 0.3) is 10.8 Å². The summed E-state index contributed by atoms with van der Waals surface area (Å²) in [4.78, 5) is 3.19. The van der Waals surface area contributed by atoms with E-state index in [0.29, 0.717) is 24.2 Å². The summed E-state index contributed by atoms with van der Waals surface area (Å²) in [5, 5.41) is 19.0. The van der Waals surface area contributed by atoms with Crippen molar-refractivity contribution in [1.82, 2.24) is 15.1 Å². The topological polar surface area (TPSA) is 62.4 Å². The zero-order chi connectivity index (χ0) is 11.7. The highest BCUT2D eigenvalue weighted by atomic mass is 32.1. The van der Waals surface area contributed by atoms with E-state index in [4.69, 9.17) is 9.52 Å². The molecule has 3 heterocycles. The molecular weight excluding hydrogens is 238 g/mol. The van der Waals surface area contributed by atoms with E-state index in [2.05, 4.69) is 15.1 Å². The maximum atomic E-state index is 8.92. The summed E-state index contributed by atoms with van der Waals surface area (Å²) in [6.45, 7) is 2.76. The van der Waals surface area contributed by atoms with Gasteiger partial charge >= 0.3 is 0 Å². The molecule has 0 atom stereocenters. The smallest absolute Gasteiger partial charge is 0.257 e. The number of aliphatic hydroxyl groups excluding tert-OH is 1. The number of hydrogen-bond donors (Lipinski definition) is 1. The van der Waals surface area contributed by atoms with Crippen LogP contribution in [0.2, 0.25) is 0 Å². The Hall–Kier alpha value is -1.24. The molecule has 2 aromatic rings. The first-order chi connectivity index (χ1) is 8.35. The molecule has 0 unspecified atom stereocenters. The average Bonchev–Trinajstić information content (AvgIpc) is 2.92. The number of hydrogen-bond acceptors (Lipinski definition) is 6. The van der Waals surface area contributed by atoms with Gasteiger partial charge in [0.1, 0.15) is 0 Å². The largest absolute Gasteiger partial charge is 0.419 e. The highest BCUT2D eigenvalue weighted by Crippen LogP contribution is 2.24. The van der Waals surface area contributed by atoms with Crippen LogP contribution in [0.1, 0.15) is 5.89 Å². The van der Waals surface area contributed by atoms with Gasteiger partial charge in [-0.1, -0.05) is 6.07 Å². The van der Waals surface area contributed by atoms with Crippen molar-refractivity contribution in [2.75, 3.05) is 19.7 Å². The zero-order valence-electron chi connectivity index (χ0n) is 9.24. The van der Waals surface area contributed by atoms with E-state index in [9.17, 15) is 0 Å². The van der Waals surface area contributed by atoms with Gasteiger partial charge in [0.2, 0.25) is 5.89 Å². The number of nitrogens with zero attached hydrogens (tertiary/aromatic N) is 3. The van der Waals surface area contributed by atoms with E-state index in [-0.39, 0.29) is 6.61 Å². The van der Waals surface area contributed by atoms with Gasteiger partial charge in [-0.25, -0.2) is 0 Å². The normalized spacial score (nSPS) is 17.2. The molecule has 0 aliphatic carbocycles. The molecule has 2 aromatic heterocycles. The SMILES string of the molecule is OCC1CN(Cc2nnc(-c3cccs3)o2)C1. The second-order valence-corrected chi connectivity index (χ2v) is 5.17. The molecule has 0 bridgehead atoms. The van der Waals surface area contributed by atoms with Crippen molar-refractivity contribution in [2.45, 2.75) is 6.54 Å². The van der Waals surface area contributed by atoms with Gasteiger partial charge in [0.05, 0.1) is 11.4 Å². The number of likely N-dealkylation sites (tertiary alicyclic amines) is 1. The average molecular weight is 251 g/mol. The van der Waals surface area contributed by atoms with Gasteiger partial charge in [-0.15, -0.1) is 21.5 Å². The summed E-state index contributed by atoms with van der Waals surface area (Å²) in [5.41, 5.74) is 0. The third kappa shape index (κ3) is 2.24. The molecule has 6 heteroatoms. The van der Waals surface area contributed by atoms with E-state index in [1.165, 1.54) is 0 Å². The molecule has 1 saturated heterocycles. The van der Waals surface area contributed by atoms with Crippen LogP contribution in [-0.2, 0) is 6.54 Å². The van der Waals surface area contributed by atoms with E-state index < -0.39 is 0 Å². The Morgan fingerprint density at radius 1 is 1.47 bits per heavy atom. The standard InChI is InChI=1S/C11H13N3O2S/c15-7-8-4-14(5-8)6-10-12-13-11(16-10)9-2-1-3-17-9/h1-3,8,15H,4-7H2. The lowest BCUT2D eigenvalue weighted by Crippen LogP contribution is -2.47. The summed E-state index contributed by atoms with van der Waals surface area (Å²) in [6.07, 6.45) is 0. The third-order valence-electron chi connectivity index (χ3n) is 2.85. The lowest BCUT2D eigenvalue weighted by atomic mass is 10.0. The van der Waals surface area contributed by atoms with E-state index in [1.54, 1.807) is 11.3 Å². The van der Waals surface area contributed by atoms with Crippen molar-refractivity contribution < 1.29 is 9.52 Å². The van der Waals surface area contributed by atoms with Crippen LogP contribution < -0.4 is 0 Å². The molecule has 0 radical (unpaired) electrons. The van der Waals surface area contributed by atoms with Gasteiger partial charge in [-0.05, 0) is 11.4 Å². The Morgan fingerprint density at radius 2 is 2.35 bits per heavy atom. The lowest BCUT2D eigenvalue weighted by molar-refractivity contribution is 0.0417. The van der Waals surface area contributed by atoms with E-state index in [1.807, 2.05) is 17.5 Å². The van der Waals surface area contributed by atoms with Crippen molar-refractivity contribution in [1.29, 1.82) is 0 Å². The molecule has 1 aliphatic heterocycles. The first-order valence-corrected chi connectivity index (χ1v) is 6.42. The Morgan fingerprint density at radius 3 is 3.06 bits per heavy atom. The van der Waals surface area contributed by atoms with E-state index in [0.717, 1.165) is 18.0 Å². The van der Waals surface area contributed by atoms with Gasteiger partial charge in [-0.2, -0.15) is 0 Å². The lowest BCUT2D eigenvalue weighted by Gasteiger charge is -2.37. The van der Waals surface area contributed by atoms with Crippen LogP contribution in [0.3, 0.4) is 0 Å². The molecule has 90 valence electrons. The van der Waals surface area contributed by atoms with Crippen LogP contribution >= 0.6 is 11.3 Å². The molecule has 0 aromatic carbocycles. The van der Waals surface area contributed by atoms with Crippen molar-refractivity contribution in [3.8, 4) is 10.8 Å². The predicted molar refractivity (Wildman–Crippen MR) is 63.5 cm³/mol. The molecule has 1 aliphatic rings. The first-order valence-electron chi connectivity index (χ1n) is 5.54. The summed E-state index contributed by atoms with van der Waals surface area (Å²) < 4.78 is 5.59. The molecule has 1 N–H and O–H groups in total. The number of thiophene rings is 1. The van der Waals surface area contributed by atoms with Crippen molar-refractivity contribution in [2.24, 2.45) is 5.92 Å². The molecule has 1 fully saturated rings. The minimum atomic E-state index is 0.265. The molecular formula is C11H13N3O2S. The second-order valence-electron chi connectivity index (χ2n) is 4.22. The van der Waals surface area contributed by atoms with Crippen LogP contribution in [0.5, 0.6) is 0 Å². The third-order valence-corrected chi connectivity index (χ3v) is 3.71. The maximum absolute atomic E-state index is 8.92. The van der Waals surface area contributed by atoms with E-state index >= 15 is 0 Å². The van der Waals surface area contributed by atoms with Crippen molar-refractivity contribution >= 4 is 11.3 Å². The second kappa shape index (κ2) is 4.56. The number of aromatic nitrogens is 2. The van der Waals surface area contributed by atoms with Crippen LogP contribution in [0.4, 0.5) is 0 Å². The fourth-order valence-corrected chi connectivity index (χ4v) is 2.57. The monoisotopic (exact) mass is 251 g/mol. The highest BCUT2D eigenvalue weighted by Gasteiger charge is 2.27. The molecule has 0 saturated carbocycles. The Balaban J connectivity index is 1.62. The van der Waals surface area contributed by atoms with Crippen LogP contribution in [0, 0.1) is 5.92 Å². The van der Waals surface area contributed by atoms with Crippen molar-refractivity contribution in [3.63, 3.8) is 0 Å². The van der Waals surface area contributed by atoms with Crippen molar-refractivity contribution in [3.05, 3.63) is 23.4 Å². The van der Waals surface area contributed by atoms with Gasteiger partial charge in [0.15, 0.2) is 0 Å². The Labute approximate surface area is 103 Å². The number of rotatable bonds is 4. The van der Waals surface area contributed by atoms with Crippen LogP contribution in [0.15, 0.2) is 21.9 Å². The summed E-state index contributed by atoms with van der Waals surface area (Å²) in [5.74, 6) is 1.65. The van der Waals surface area contributed by atoms with Gasteiger partial charge < -0.3 is 9.52 Å². The molecule has 17 heavy (non-hydrogen) atoms. The fraction of sp³-hybridized carbons (Fsp3) is 0.455. The van der Waals surface area contributed by atoms with Gasteiger partial charge in [0.25, 0.3) is 5.89 Å². The highest BCUT2D eigenvalue weighted by molar-refractivity contribution is 7.13. The Kier molecular flexibility index (Phi) is 2.92. The zero-order valence-corrected chi connectivity index (χ0v) is 10.1. The predicted octanol–water partition coefficient (Wildman–Crippen LogP) is 1.22. The molecule has 3 rings (SSSR count). The fourth-order valence-electron chi connectivity index (χ4n) is 1.93. The van der Waals surface area contributed by atoms with Gasteiger partial charge in [0, 0.05) is 25.6 Å². The summed E-state index contributed by atoms with van der Waals surface area (Å²) in [6, 6.07) is 3.93. The first kappa shape index (κ1) is 10.9. The minimum Gasteiger partial charge on any atom is -0.419 e. The maximum Gasteiger partial charge on any atom is 0.257 e.